The third-order valence-electron chi connectivity index (χ3n) is 2.24. The van der Waals surface area contributed by atoms with Crippen LogP contribution in [0, 0.1) is 0 Å². The number of benzene rings is 1. The number of hydrogen-bond donors (Lipinski definition) is 3. The van der Waals surface area contributed by atoms with Crippen molar-refractivity contribution in [2.75, 3.05) is 6.61 Å². The second kappa shape index (κ2) is 5.75. The fourth-order valence-corrected chi connectivity index (χ4v) is 1.17. The van der Waals surface area contributed by atoms with Crippen molar-refractivity contribution in [1.29, 1.82) is 0 Å². The molecule has 1 rings (SSSR count). The lowest BCUT2D eigenvalue weighted by molar-refractivity contribution is 0.0675. The zero-order valence-electron chi connectivity index (χ0n) is 8.35. The third-order valence-corrected chi connectivity index (χ3v) is 2.24. The number of hydrogen-bond acceptors (Lipinski definition) is 3. The number of nitrogens with one attached hydrogen (secondary N) is 1. The normalized spacial score (nSPS) is 15.1. The summed E-state index contributed by atoms with van der Waals surface area (Å²) in [5.74, 6) is 0. The summed E-state index contributed by atoms with van der Waals surface area (Å²) in [6.45, 7) is 2.35. The minimum absolute atomic E-state index is 0.0970. The first-order valence-electron chi connectivity index (χ1n) is 4.80. The van der Waals surface area contributed by atoms with Gasteiger partial charge in [-0.05, 0) is 12.5 Å². The summed E-state index contributed by atoms with van der Waals surface area (Å²) in [7, 11) is 0. The second-order valence-electron chi connectivity index (χ2n) is 3.41. The van der Waals surface area contributed by atoms with E-state index in [-0.39, 0.29) is 12.6 Å². The molecule has 2 unspecified atom stereocenters. The zero-order chi connectivity index (χ0) is 10.4. The maximum Gasteiger partial charge on any atom is 0.0920 e. The van der Waals surface area contributed by atoms with Gasteiger partial charge < -0.3 is 15.5 Å². The topological polar surface area (TPSA) is 52.5 Å². The minimum atomic E-state index is -0.696. The zero-order valence-corrected chi connectivity index (χ0v) is 8.35. The molecule has 0 saturated carbocycles. The van der Waals surface area contributed by atoms with Crippen molar-refractivity contribution in [2.45, 2.75) is 25.6 Å². The van der Waals surface area contributed by atoms with Crippen molar-refractivity contribution in [3.63, 3.8) is 0 Å². The largest absolute Gasteiger partial charge is 0.394 e. The number of rotatable bonds is 5. The van der Waals surface area contributed by atoms with Crippen LogP contribution in [-0.4, -0.2) is 29.0 Å². The standard InChI is InChI=1S/C11H17NO2/c1-9(11(14)8-13)12-7-10-5-3-2-4-6-10/h2-6,9,11-14H,7-8H2,1H3. The average Bonchev–Trinajstić information content (AvgIpc) is 2.26. The summed E-state index contributed by atoms with van der Waals surface area (Å²) < 4.78 is 0. The monoisotopic (exact) mass is 195 g/mol. The molecule has 0 bridgehead atoms. The van der Waals surface area contributed by atoms with Gasteiger partial charge in [0.15, 0.2) is 0 Å². The third kappa shape index (κ3) is 3.46. The molecule has 0 aliphatic carbocycles. The molecule has 78 valence electrons. The molecule has 3 N–H and O–H groups in total. The molecule has 0 aromatic heterocycles. The van der Waals surface area contributed by atoms with Crippen LogP contribution in [0.15, 0.2) is 30.3 Å². The highest BCUT2D eigenvalue weighted by Gasteiger charge is 2.11. The maximum atomic E-state index is 9.29. The molecule has 3 nitrogen and oxygen atoms in total. The van der Waals surface area contributed by atoms with Crippen molar-refractivity contribution in [3.8, 4) is 0 Å². The van der Waals surface area contributed by atoms with Crippen LogP contribution in [0.25, 0.3) is 0 Å². The summed E-state index contributed by atoms with van der Waals surface area (Å²) in [6.07, 6.45) is -0.696. The summed E-state index contributed by atoms with van der Waals surface area (Å²) in [6, 6.07) is 9.86. The first kappa shape index (κ1) is 11.2. The molecule has 2 atom stereocenters. The van der Waals surface area contributed by atoms with Crippen LogP contribution in [0.1, 0.15) is 12.5 Å². The SMILES string of the molecule is CC(NCc1ccccc1)C(O)CO. The van der Waals surface area contributed by atoms with E-state index in [0.717, 1.165) is 0 Å². The van der Waals surface area contributed by atoms with Gasteiger partial charge in [0.25, 0.3) is 0 Å². The summed E-state index contributed by atoms with van der Waals surface area (Å²) in [4.78, 5) is 0. The molecule has 0 spiro atoms. The predicted octanol–water partition coefficient (Wildman–Crippen LogP) is 0.518. The van der Waals surface area contributed by atoms with Crippen LogP contribution in [-0.2, 0) is 6.54 Å². The van der Waals surface area contributed by atoms with E-state index < -0.39 is 6.10 Å². The van der Waals surface area contributed by atoms with Gasteiger partial charge in [-0.1, -0.05) is 30.3 Å². The van der Waals surface area contributed by atoms with Crippen LogP contribution in [0.5, 0.6) is 0 Å². The van der Waals surface area contributed by atoms with Gasteiger partial charge in [-0.3, -0.25) is 0 Å². The van der Waals surface area contributed by atoms with Gasteiger partial charge in [0.05, 0.1) is 12.7 Å². The molecule has 0 amide bonds. The van der Waals surface area contributed by atoms with Crippen molar-refractivity contribution in [1.82, 2.24) is 5.32 Å². The molecule has 0 saturated heterocycles. The molecule has 0 heterocycles. The Hall–Kier alpha value is -0.900. The van der Waals surface area contributed by atoms with Gasteiger partial charge in [0.1, 0.15) is 0 Å². The van der Waals surface area contributed by atoms with Gasteiger partial charge in [-0.2, -0.15) is 0 Å². The quantitative estimate of drug-likeness (QED) is 0.642. The van der Waals surface area contributed by atoms with Crippen molar-refractivity contribution in [2.24, 2.45) is 0 Å². The Balaban J connectivity index is 2.34. The highest BCUT2D eigenvalue weighted by molar-refractivity contribution is 5.14. The Morgan fingerprint density at radius 2 is 1.93 bits per heavy atom. The van der Waals surface area contributed by atoms with Crippen molar-refractivity contribution < 1.29 is 10.2 Å². The second-order valence-corrected chi connectivity index (χ2v) is 3.41. The summed E-state index contributed by atoms with van der Waals surface area (Å²) >= 11 is 0. The molecule has 14 heavy (non-hydrogen) atoms. The summed E-state index contributed by atoms with van der Waals surface area (Å²) in [5.41, 5.74) is 1.17. The van der Waals surface area contributed by atoms with E-state index in [1.54, 1.807) is 0 Å². The van der Waals surface area contributed by atoms with Crippen LogP contribution in [0.3, 0.4) is 0 Å². The van der Waals surface area contributed by atoms with E-state index >= 15 is 0 Å². The van der Waals surface area contributed by atoms with E-state index in [1.165, 1.54) is 5.56 Å². The Morgan fingerprint density at radius 3 is 2.50 bits per heavy atom. The molecule has 1 aromatic carbocycles. The van der Waals surface area contributed by atoms with Crippen LogP contribution < -0.4 is 5.32 Å². The van der Waals surface area contributed by atoms with Crippen LogP contribution in [0.4, 0.5) is 0 Å². The summed E-state index contributed by atoms with van der Waals surface area (Å²) in [5, 5.41) is 21.1. The predicted molar refractivity (Wildman–Crippen MR) is 55.8 cm³/mol. The Morgan fingerprint density at radius 1 is 1.29 bits per heavy atom. The molecule has 0 fully saturated rings. The van der Waals surface area contributed by atoms with Gasteiger partial charge in [0, 0.05) is 12.6 Å². The smallest absolute Gasteiger partial charge is 0.0920 e. The van der Waals surface area contributed by atoms with Crippen molar-refractivity contribution in [3.05, 3.63) is 35.9 Å². The average molecular weight is 195 g/mol. The first-order chi connectivity index (χ1) is 6.74. The fourth-order valence-electron chi connectivity index (χ4n) is 1.17. The molecule has 0 aliphatic heterocycles. The molecule has 3 heteroatoms. The van der Waals surface area contributed by atoms with E-state index in [9.17, 15) is 5.11 Å². The van der Waals surface area contributed by atoms with E-state index in [1.807, 2.05) is 37.3 Å². The van der Waals surface area contributed by atoms with E-state index in [0.29, 0.717) is 6.54 Å². The van der Waals surface area contributed by atoms with Gasteiger partial charge in [-0.25, -0.2) is 0 Å². The lowest BCUT2D eigenvalue weighted by Gasteiger charge is -2.18. The van der Waals surface area contributed by atoms with Crippen LogP contribution in [0.2, 0.25) is 0 Å². The number of aliphatic hydroxyl groups is 2. The highest BCUT2D eigenvalue weighted by atomic mass is 16.3. The Labute approximate surface area is 84.4 Å². The molecular weight excluding hydrogens is 178 g/mol. The van der Waals surface area contributed by atoms with Crippen LogP contribution >= 0.6 is 0 Å². The van der Waals surface area contributed by atoms with Crippen molar-refractivity contribution >= 4 is 0 Å². The lowest BCUT2D eigenvalue weighted by atomic mass is 10.1. The molecule has 0 aliphatic rings. The first-order valence-corrected chi connectivity index (χ1v) is 4.80. The molecule has 0 radical (unpaired) electrons. The molecular formula is C11H17NO2. The van der Waals surface area contributed by atoms with E-state index in [4.69, 9.17) is 5.11 Å². The number of aliphatic hydroxyl groups excluding tert-OH is 2. The van der Waals surface area contributed by atoms with Gasteiger partial charge >= 0.3 is 0 Å². The minimum Gasteiger partial charge on any atom is -0.394 e. The lowest BCUT2D eigenvalue weighted by Crippen LogP contribution is -2.38. The Kier molecular flexibility index (Phi) is 4.59. The Bertz CT molecular complexity index is 251. The maximum absolute atomic E-state index is 9.29. The van der Waals surface area contributed by atoms with Gasteiger partial charge in [0.2, 0.25) is 0 Å². The highest BCUT2D eigenvalue weighted by Crippen LogP contribution is 1.99. The molecule has 1 aromatic rings. The fraction of sp³-hybridized carbons (Fsp3) is 0.455. The van der Waals surface area contributed by atoms with E-state index in [2.05, 4.69) is 5.32 Å². The van der Waals surface area contributed by atoms with Gasteiger partial charge in [-0.15, -0.1) is 0 Å².